The SMILES string of the molecule is CCc1ccsc1-c1nc(NC)c2ccccc2n1. The van der Waals surface area contributed by atoms with E-state index in [2.05, 4.69) is 28.7 Å². The van der Waals surface area contributed by atoms with Crippen LogP contribution in [0.5, 0.6) is 0 Å². The molecule has 1 N–H and O–H groups in total. The number of aryl methyl sites for hydroxylation is 1. The number of hydrogen-bond donors (Lipinski definition) is 1. The van der Waals surface area contributed by atoms with Crippen molar-refractivity contribution in [3.63, 3.8) is 0 Å². The monoisotopic (exact) mass is 269 g/mol. The number of rotatable bonds is 3. The number of aromatic nitrogens is 2. The van der Waals surface area contributed by atoms with Crippen molar-refractivity contribution in [1.29, 1.82) is 0 Å². The Bertz CT molecular complexity index is 718. The molecule has 3 nitrogen and oxygen atoms in total. The van der Waals surface area contributed by atoms with Crippen molar-refractivity contribution >= 4 is 28.1 Å². The summed E-state index contributed by atoms with van der Waals surface area (Å²) in [5.41, 5.74) is 2.29. The fraction of sp³-hybridized carbons (Fsp3) is 0.200. The van der Waals surface area contributed by atoms with Gasteiger partial charge in [-0.3, -0.25) is 0 Å². The zero-order valence-electron chi connectivity index (χ0n) is 11.0. The van der Waals surface area contributed by atoms with Crippen LogP contribution in [0, 0.1) is 0 Å². The largest absolute Gasteiger partial charge is 0.373 e. The Kier molecular flexibility index (Phi) is 3.17. The van der Waals surface area contributed by atoms with Gasteiger partial charge in [0.2, 0.25) is 0 Å². The smallest absolute Gasteiger partial charge is 0.172 e. The predicted molar refractivity (Wildman–Crippen MR) is 81.8 cm³/mol. The fourth-order valence-corrected chi connectivity index (χ4v) is 3.11. The average Bonchev–Trinajstić information content (AvgIpc) is 2.94. The van der Waals surface area contributed by atoms with Crippen molar-refractivity contribution in [3.05, 3.63) is 41.3 Å². The summed E-state index contributed by atoms with van der Waals surface area (Å²) in [5.74, 6) is 1.70. The summed E-state index contributed by atoms with van der Waals surface area (Å²) in [6, 6.07) is 10.2. The van der Waals surface area contributed by atoms with Crippen LogP contribution in [0.1, 0.15) is 12.5 Å². The van der Waals surface area contributed by atoms with E-state index >= 15 is 0 Å². The number of nitrogens with one attached hydrogen (secondary N) is 1. The summed E-state index contributed by atoms with van der Waals surface area (Å²) in [7, 11) is 1.90. The Labute approximate surface area is 116 Å². The molecule has 0 unspecified atom stereocenters. The Morgan fingerprint density at radius 3 is 2.79 bits per heavy atom. The second-order valence-electron chi connectivity index (χ2n) is 4.29. The molecule has 0 aliphatic heterocycles. The molecule has 3 aromatic rings. The Balaban J connectivity index is 2.25. The zero-order chi connectivity index (χ0) is 13.2. The number of benzene rings is 1. The highest BCUT2D eigenvalue weighted by Crippen LogP contribution is 2.30. The van der Waals surface area contributed by atoms with Gasteiger partial charge in [-0.15, -0.1) is 11.3 Å². The Hall–Kier alpha value is -1.94. The molecule has 0 amide bonds. The first-order valence-corrected chi connectivity index (χ1v) is 7.22. The maximum Gasteiger partial charge on any atom is 0.172 e. The van der Waals surface area contributed by atoms with Crippen molar-refractivity contribution in [3.8, 4) is 10.7 Å². The molecule has 0 radical (unpaired) electrons. The van der Waals surface area contributed by atoms with Crippen LogP contribution in [0.4, 0.5) is 5.82 Å². The van der Waals surface area contributed by atoms with E-state index in [9.17, 15) is 0 Å². The molecular weight excluding hydrogens is 254 g/mol. The summed E-state index contributed by atoms with van der Waals surface area (Å²) in [5, 5.41) is 6.32. The minimum absolute atomic E-state index is 0.815. The van der Waals surface area contributed by atoms with Crippen LogP contribution < -0.4 is 5.32 Å². The van der Waals surface area contributed by atoms with Gasteiger partial charge in [-0.05, 0) is 35.6 Å². The zero-order valence-corrected chi connectivity index (χ0v) is 11.8. The topological polar surface area (TPSA) is 37.8 Å². The van der Waals surface area contributed by atoms with E-state index in [4.69, 9.17) is 4.98 Å². The van der Waals surface area contributed by atoms with Gasteiger partial charge in [-0.2, -0.15) is 0 Å². The van der Waals surface area contributed by atoms with Gasteiger partial charge >= 0.3 is 0 Å². The lowest BCUT2D eigenvalue weighted by Gasteiger charge is -2.08. The second kappa shape index (κ2) is 4.97. The number of thiophene rings is 1. The van der Waals surface area contributed by atoms with Crippen LogP contribution >= 0.6 is 11.3 Å². The molecule has 1 aromatic carbocycles. The van der Waals surface area contributed by atoms with Crippen LogP contribution in [-0.2, 0) is 6.42 Å². The first-order chi connectivity index (χ1) is 9.33. The summed E-state index contributed by atoms with van der Waals surface area (Å²) in [4.78, 5) is 10.5. The summed E-state index contributed by atoms with van der Waals surface area (Å²) >= 11 is 1.70. The number of hydrogen-bond acceptors (Lipinski definition) is 4. The molecule has 3 rings (SSSR count). The van der Waals surface area contributed by atoms with E-state index in [1.165, 1.54) is 10.4 Å². The summed E-state index contributed by atoms with van der Waals surface area (Å²) in [6.45, 7) is 2.16. The van der Waals surface area contributed by atoms with Crippen LogP contribution in [0.15, 0.2) is 35.7 Å². The highest BCUT2D eigenvalue weighted by molar-refractivity contribution is 7.13. The maximum atomic E-state index is 4.69. The third-order valence-electron chi connectivity index (χ3n) is 3.17. The van der Waals surface area contributed by atoms with E-state index in [1.54, 1.807) is 11.3 Å². The van der Waals surface area contributed by atoms with Gasteiger partial charge in [0, 0.05) is 12.4 Å². The average molecular weight is 269 g/mol. The van der Waals surface area contributed by atoms with Crippen molar-refractivity contribution in [2.75, 3.05) is 12.4 Å². The predicted octanol–water partition coefficient (Wildman–Crippen LogP) is 3.96. The van der Waals surface area contributed by atoms with Crippen molar-refractivity contribution < 1.29 is 0 Å². The highest BCUT2D eigenvalue weighted by atomic mass is 32.1. The van der Waals surface area contributed by atoms with Gasteiger partial charge in [0.25, 0.3) is 0 Å². The van der Waals surface area contributed by atoms with Gasteiger partial charge in [-0.25, -0.2) is 9.97 Å². The van der Waals surface area contributed by atoms with E-state index in [0.29, 0.717) is 0 Å². The molecule has 0 fully saturated rings. The quantitative estimate of drug-likeness (QED) is 0.782. The standard InChI is InChI=1S/C15H15N3S/c1-3-10-8-9-19-13(10)15-17-12-7-5-4-6-11(12)14(16-2)18-15/h4-9H,3H2,1-2H3,(H,16,17,18). The van der Waals surface area contributed by atoms with Gasteiger partial charge in [0.1, 0.15) is 5.82 Å². The van der Waals surface area contributed by atoms with E-state index in [0.717, 1.165) is 29.0 Å². The molecule has 2 heterocycles. The van der Waals surface area contributed by atoms with Gasteiger partial charge in [0.15, 0.2) is 5.82 Å². The normalized spacial score (nSPS) is 10.8. The van der Waals surface area contributed by atoms with E-state index in [-0.39, 0.29) is 0 Å². The molecular formula is C15H15N3S. The minimum atomic E-state index is 0.815. The van der Waals surface area contributed by atoms with Crippen molar-refractivity contribution in [2.24, 2.45) is 0 Å². The van der Waals surface area contributed by atoms with E-state index < -0.39 is 0 Å². The molecule has 0 atom stereocenters. The number of fused-ring (bicyclic) bond motifs is 1. The molecule has 0 aliphatic carbocycles. The number of nitrogens with zero attached hydrogens (tertiary/aromatic N) is 2. The Morgan fingerprint density at radius 1 is 1.16 bits per heavy atom. The number of anilines is 1. The molecule has 0 aliphatic rings. The lowest BCUT2D eigenvalue weighted by molar-refractivity contribution is 1.14. The molecule has 0 bridgehead atoms. The maximum absolute atomic E-state index is 4.69. The highest BCUT2D eigenvalue weighted by Gasteiger charge is 2.12. The van der Waals surface area contributed by atoms with Crippen LogP contribution in [0.2, 0.25) is 0 Å². The first kappa shape index (κ1) is 12.1. The Morgan fingerprint density at radius 2 is 2.00 bits per heavy atom. The van der Waals surface area contributed by atoms with Crippen LogP contribution in [0.3, 0.4) is 0 Å². The van der Waals surface area contributed by atoms with E-state index in [1.807, 2.05) is 31.3 Å². The first-order valence-electron chi connectivity index (χ1n) is 6.34. The molecule has 96 valence electrons. The van der Waals surface area contributed by atoms with Crippen molar-refractivity contribution in [2.45, 2.75) is 13.3 Å². The summed E-state index contributed by atoms with van der Waals surface area (Å²) in [6.07, 6.45) is 1.00. The molecule has 2 aromatic heterocycles. The van der Waals surface area contributed by atoms with Gasteiger partial charge < -0.3 is 5.32 Å². The van der Waals surface area contributed by atoms with Crippen LogP contribution in [0.25, 0.3) is 21.6 Å². The van der Waals surface area contributed by atoms with Gasteiger partial charge in [0.05, 0.1) is 10.4 Å². The molecule has 0 saturated heterocycles. The molecule has 19 heavy (non-hydrogen) atoms. The fourth-order valence-electron chi connectivity index (χ4n) is 2.18. The molecule has 0 spiro atoms. The third kappa shape index (κ3) is 2.08. The molecule has 4 heteroatoms. The summed E-state index contributed by atoms with van der Waals surface area (Å²) < 4.78 is 0. The van der Waals surface area contributed by atoms with Gasteiger partial charge in [-0.1, -0.05) is 19.1 Å². The lowest BCUT2D eigenvalue weighted by Crippen LogP contribution is -1.98. The minimum Gasteiger partial charge on any atom is -0.373 e. The molecule has 0 saturated carbocycles. The second-order valence-corrected chi connectivity index (χ2v) is 5.21. The van der Waals surface area contributed by atoms with Crippen molar-refractivity contribution in [1.82, 2.24) is 9.97 Å². The number of para-hydroxylation sites is 1. The lowest BCUT2D eigenvalue weighted by atomic mass is 10.2. The third-order valence-corrected chi connectivity index (χ3v) is 4.12. The van der Waals surface area contributed by atoms with Crippen LogP contribution in [-0.4, -0.2) is 17.0 Å².